The van der Waals surface area contributed by atoms with E-state index in [1.54, 1.807) is 0 Å². The first-order valence-electron chi connectivity index (χ1n) is 3.83. The number of nitrogens with zero attached hydrogens (tertiary/aromatic N) is 2. The second-order valence-electron chi connectivity index (χ2n) is 2.80. The van der Waals surface area contributed by atoms with Crippen LogP contribution in [0.4, 0.5) is 5.82 Å². The number of nitrogen functional groups attached to an aromatic ring is 1. The Hall–Kier alpha value is -1.30. The molecule has 0 spiro atoms. The molecule has 0 unspecified atom stereocenters. The molecule has 5 nitrogen and oxygen atoms in total. The van der Waals surface area contributed by atoms with E-state index in [0.29, 0.717) is 5.56 Å². The summed E-state index contributed by atoms with van der Waals surface area (Å²) in [6.45, 7) is 0. The summed E-state index contributed by atoms with van der Waals surface area (Å²) in [6.07, 6.45) is 1.51. The van der Waals surface area contributed by atoms with Crippen LogP contribution in [0.1, 0.15) is 5.56 Å². The highest BCUT2D eigenvalue weighted by Gasteiger charge is 2.09. The van der Waals surface area contributed by atoms with Gasteiger partial charge in [0.25, 0.3) is 5.56 Å². The lowest BCUT2D eigenvalue weighted by Crippen LogP contribution is -2.39. The van der Waals surface area contributed by atoms with Crippen molar-refractivity contribution in [2.45, 2.75) is 0 Å². The lowest BCUT2D eigenvalue weighted by atomic mass is 10.3. The molecule has 0 saturated carbocycles. The van der Waals surface area contributed by atoms with Gasteiger partial charge in [0.2, 0.25) is 0 Å². The third kappa shape index (κ3) is 1.52. The van der Waals surface area contributed by atoms with Crippen molar-refractivity contribution >= 4 is 27.8 Å². The van der Waals surface area contributed by atoms with Gasteiger partial charge >= 0.3 is 5.69 Å². The van der Waals surface area contributed by atoms with Gasteiger partial charge in [0.15, 0.2) is 0 Å². The molecule has 0 radical (unpaired) electrons. The van der Waals surface area contributed by atoms with Gasteiger partial charge in [-0.05, 0) is 11.1 Å². The quantitative estimate of drug-likeness (QED) is 0.774. The van der Waals surface area contributed by atoms with Gasteiger partial charge in [-0.15, -0.1) is 0 Å². The molecular weight excluding hydrogens is 250 g/mol. The van der Waals surface area contributed by atoms with Gasteiger partial charge in [0, 0.05) is 14.1 Å². The molecule has 1 aromatic rings. The Morgan fingerprint density at radius 3 is 2.36 bits per heavy atom. The minimum atomic E-state index is -0.431. The Kier molecular flexibility index (Phi) is 2.95. The first kappa shape index (κ1) is 10.8. The molecule has 0 bridgehead atoms. The van der Waals surface area contributed by atoms with Crippen LogP contribution >= 0.6 is 15.9 Å². The van der Waals surface area contributed by atoms with E-state index in [-0.39, 0.29) is 5.82 Å². The molecular formula is C8H10BrN3O2. The second kappa shape index (κ2) is 3.83. The average Bonchev–Trinajstić information content (AvgIpc) is 2.19. The number of halogens is 1. The molecule has 0 fully saturated rings. The van der Waals surface area contributed by atoms with E-state index in [2.05, 4.69) is 15.9 Å². The molecule has 0 aromatic carbocycles. The minimum Gasteiger partial charge on any atom is -0.384 e. The van der Waals surface area contributed by atoms with Gasteiger partial charge in [-0.3, -0.25) is 13.9 Å². The van der Waals surface area contributed by atoms with Crippen LogP contribution in [-0.2, 0) is 14.1 Å². The zero-order chi connectivity index (χ0) is 10.9. The van der Waals surface area contributed by atoms with Crippen molar-refractivity contribution in [3.63, 3.8) is 0 Å². The van der Waals surface area contributed by atoms with Gasteiger partial charge in [0.05, 0.1) is 5.56 Å². The van der Waals surface area contributed by atoms with E-state index in [0.717, 1.165) is 4.57 Å². The van der Waals surface area contributed by atoms with E-state index >= 15 is 0 Å². The number of anilines is 1. The zero-order valence-corrected chi connectivity index (χ0v) is 9.41. The van der Waals surface area contributed by atoms with Gasteiger partial charge < -0.3 is 5.73 Å². The second-order valence-corrected chi connectivity index (χ2v) is 3.33. The summed E-state index contributed by atoms with van der Waals surface area (Å²) in [5, 5.41) is 0. The summed E-state index contributed by atoms with van der Waals surface area (Å²) in [6, 6.07) is 0. The summed E-state index contributed by atoms with van der Waals surface area (Å²) >= 11 is 3.05. The van der Waals surface area contributed by atoms with Crippen molar-refractivity contribution < 1.29 is 0 Å². The number of aromatic nitrogens is 2. The molecule has 1 heterocycles. The predicted octanol–water partition coefficient (Wildman–Crippen LogP) is 0.0318. The van der Waals surface area contributed by atoms with Gasteiger partial charge in [-0.1, -0.05) is 15.9 Å². The summed E-state index contributed by atoms with van der Waals surface area (Å²) < 4.78 is 2.24. The Bertz CT molecular complexity index is 499. The molecule has 76 valence electrons. The fourth-order valence-corrected chi connectivity index (χ4v) is 1.37. The minimum absolute atomic E-state index is 0.161. The maximum Gasteiger partial charge on any atom is 0.332 e. The lowest BCUT2D eigenvalue weighted by molar-refractivity contribution is 0.691. The maximum atomic E-state index is 11.6. The van der Waals surface area contributed by atoms with Crippen molar-refractivity contribution in [3.8, 4) is 0 Å². The van der Waals surface area contributed by atoms with Crippen molar-refractivity contribution in [2.24, 2.45) is 14.1 Å². The van der Waals surface area contributed by atoms with E-state index in [4.69, 9.17) is 5.73 Å². The Morgan fingerprint density at radius 1 is 1.29 bits per heavy atom. The largest absolute Gasteiger partial charge is 0.384 e. The normalized spacial score (nSPS) is 11.1. The Balaban J connectivity index is 3.78. The van der Waals surface area contributed by atoms with Crippen molar-refractivity contribution in [1.82, 2.24) is 9.13 Å². The summed E-state index contributed by atoms with van der Waals surface area (Å²) in [7, 11) is 2.93. The summed E-state index contributed by atoms with van der Waals surface area (Å²) in [4.78, 5) is 24.4. The SMILES string of the molecule is Cn1c(N)c(/C=C/Br)c(=O)n(C)c1=O. The number of hydrogen-bond acceptors (Lipinski definition) is 3. The maximum absolute atomic E-state index is 11.6. The first-order chi connectivity index (χ1) is 6.50. The highest BCUT2D eigenvalue weighted by Crippen LogP contribution is 2.05. The van der Waals surface area contributed by atoms with E-state index in [1.165, 1.54) is 29.7 Å². The third-order valence-corrected chi connectivity index (χ3v) is 2.24. The van der Waals surface area contributed by atoms with Gasteiger partial charge in [-0.2, -0.15) is 0 Å². The third-order valence-electron chi connectivity index (χ3n) is 1.98. The van der Waals surface area contributed by atoms with Crippen LogP contribution < -0.4 is 17.0 Å². The molecule has 0 atom stereocenters. The average molecular weight is 260 g/mol. The van der Waals surface area contributed by atoms with Crippen LogP contribution in [0.3, 0.4) is 0 Å². The van der Waals surface area contributed by atoms with Crippen molar-refractivity contribution in [1.29, 1.82) is 0 Å². The molecule has 1 aromatic heterocycles. The van der Waals surface area contributed by atoms with Crippen molar-refractivity contribution in [2.75, 3.05) is 5.73 Å². The fourth-order valence-electron chi connectivity index (χ4n) is 1.11. The van der Waals surface area contributed by atoms with Crippen molar-refractivity contribution in [3.05, 3.63) is 31.4 Å². The molecule has 0 amide bonds. The Labute approximate surface area is 88.6 Å². The standard InChI is InChI=1S/C8H10BrN3O2/c1-11-6(10)5(3-4-9)7(13)12(2)8(11)14/h3-4H,10H2,1-2H3/b4-3+. The molecule has 0 aliphatic carbocycles. The smallest absolute Gasteiger partial charge is 0.332 e. The molecule has 6 heteroatoms. The molecule has 0 saturated heterocycles. The summed E-state index contributed by atoms with van der Waals surface area (Å²) in [5.41, 5.74) is 5.08. The van der Waals surface area contributed by atoms with Gasteiger partial charge in [0.1, 0.15) is 5.82 Å². The fraction of sp³-hybridized carbons (Fsp3) is 0.250. The van der Waals surface area contributed by atoms with E-state index < -0.39 is 11.2 Å². The molecule has 1 rings (SSSR count). The highest BCUT2D eigenvalue weighted by atomic mass is 79.9. The Morgan fingerprint density at radius 2 is 1.86 bits per heavy atom. The number of rotatable bonds is 1. The number of nitrogens with two attached hydrogens (primary N) is 1. The predicted molar refractivity (Wildman–Crippen MR) is 59.3 cm³/mol. The van der Waals surface area contributed by atoms with Crippen LogP contribution in [0.5, 0.6) is 0 Å². The lowest BCUT2D eigenvalue weighted by Gasteiger charge is -2.08. The number of hydrogen-bond donors (Lipinski definition) is 1. The molecule has 2 N–H and O–H groups in total. The molecule has 0 aliphatic rings. The molecule has 0 aliphatic heterocycles. The monoisotopic (exact) mass is 259 g/mol. The van der Waals surface area contributed by atoms with E-state index in [9.17, 15) is 9.59 Å². The van der Waals surface area contributed by atoms with Crippen LogP contribution in [0.15, 0.2) is 14.6 Å². The molecule has 14 heavy (non-hydrogen) atoms. The summed E-state index contributed by atoms with van der Waals surface area (Å²) in [5.74, 6) is 0.161. The van der Waals surface area contributed by atoms with Crippen LogP contribution in [0.25, 0.3) is 6.08 Å². The van der Waals surface area contributed by atoms with Crippen LogP contribution in [0, 0.1) is 0 Å². The van der Waals surface area contributed by atoms with Crippen LogP contribution in [-0.4, -0.2) is 9.13 Å². The topological polar surface area (TPSA) is 70.0 Å². The zero-order valence-electron chi connectivity index (χ0n) is 7.82. The van der Waals surface area contributed by atoms with Crippen LogP contribution in [0.2, 0.25) is 0 Å². The van der Waals surface area contributed by atoms with E-state index in [1.807, 2.05) is 0 Å². The first-order valence-corrected chi connectivity index (χ1v) is 4.74. The van der Waals surface area contributed by atoms with Gasteiger partial charge in [-0.25, -0.2) is 4.79 Å². The highest BCUT2D eigenvalue weighted by molar-refractivity contribution is 9.11.